The van der Waals surface area contributed by atoms with E-state index in [1.165, 1.54) is 0 Å². The SMILES string of the molecule is OC1(Cc2cc(Br)c3c(c2)OCCO3)CC1. The quantitative estimate of drug-likeness (QED) is 0.906. The average molecular weight is 285 g/mol. The van der Waals surface area contributed by atoms with Crippen molar-refractivity contribution < 1.29 is 14.6 Å². The summed E-state index contributed by atoms with van der Waals surface area (Å²) in [5.74, 6) is 1.55. The molecule has 1 saturated carbocycles. The largest absolute Gasteiger partial charge is 0.486 e. The normalized spacial score (nSPS) is 20.6. The number of ether oxygens (including phenoxy) is 2. The summed E-state index contributed by atoms with van der Waals surface area (Å²) in [5.41, 5.74) is 0.625. The second-order valence-corrected chi connectivity index (χ2v) is 5.36. The Kier molecular flexibility index (Phi) is 2.37. The minimum Gasteiger partial charge on any atom is -0.486 e. The van der Waals surface area contributed by atoms with Crippen molar-refractivity contribution in [2.45, 2.75) is 24.9 Å². The molecule has 0 spiro atoms. The molecule has 0 unspecified atom stereocenters. The molecule has 2 aliphatic rings. The summed E-state index contributed by atoms with van der Waals surface area (Å²) in [7, 11) is 0. The van der Waals surface area contributed by atoms with E-state index in [4.69, 9.17) is 9.47 Å². The van der Waals surface area contributed by atoms with Gasteiger partial charge in [-0.2, -0.15) is 0 Å². The van der Waals surface area contributed by atoms with Crippen LogP contribution in [-0.2, 0) is 6.42 Å². The minimum absolute atomic E-state index is 0.469. The zero-order valence-corrected chi connectivity index (χ0v) is 10.4. The van der Waals surface area contributed by atoms with Crippen LogP contribution >= 0.6 is 15.9 Å². The van der Waals surface area contributed by atoms with Gasteiger partial charge < -0.3 is 14.6 Å². The van der Waals surface area contributed by atoms with E-state index in [2.05, 4.69) is 15.9 Å². The summed E-state index contributed by atoms with van der Waals surface area (Å²) in [6.07, 6.45) is 2.50. The third-order valence-electron chi connectivity index (χ3n) is 3.02. The first-order valence-electron chi connectivity index (χ1n) is 5.47. The fraction of sp³-hybridized carbons (Fsp3) is 0.500. The number of halogens is 1. The van der Waals surface area contributed by atoms with Gasteiger partial charge in [0.1, 0.15) is 13.2 Å². The minimum atomic E-state index is -0.469. The van der Waals surface area contributed by atoms with Gasteiger partial charge in [-0.1, -0.05) is 0 Å². The van der Waals surface area contributed by atoms with Gasteiger partial charge in [-0.15, -0.1) is 0 Å². The lowest BCUT2D eigenvalue weighted by Gasteiger charge is -2.21. The van der Waals surface area contributed by atoms with Crippen molar-refractivity contribution >= 4 is 15.9 Å². The van der Waals surface area contributed by atoms with Crippen molar-refractivity contribution in [3.63, 3.8) is 0 Å². The van der Waals surface area contributed by atoms with E-state index < -0.39 is 5.60 Å². The molecular weight excluding hydrogens is 272 g/mol. The molecule has 1 fully saturated rings. The molecule has 0 aromatic heterocycles. The van der Waals surface area contributed by atoms with Crippen molar-refractivity contribution in [2.24, 2.45) is 0 Å². The zero-order valence-electron chi connectivity index (χ0n) is 8.83. The maximum Gasteiger partial charge on any atom is 0.175 e. The molecule has 3 rings (SSSR count). The van der Waals surface area contributed by atoms with Crippen LogP contribution in [0.2, 0.25) is 0 Å². The number of fused-ring (bicyclic) bond motifs is 1. The number of hydrogen-bond donors (Lipinski definition) is 1. The van der Waals surface area contributed by atoms with Crippen molar-refractivity contribution in [1.29, 1.82) is 0 Å². The molecule has 3 nitrogen and oxygen atoms in total. The summed E-state index contributed by atoms with van der Waals surface area (Å²) in [4.78, 5) is 0. The van der Waals surface area contributed by atoms with Gasteiger partial charge in [-0.3, -0.25) is 0 Å². The van der Waals surface area contributed by atoms with Gasteiger partial charge in [0.25, 0.3) is 0 Å². The highest BCUT2D eigenvalue weighted by molar-refractivity contribution is 9.10. The van der Waals surface area contributed by atoms with Crippen LogP contribution in [0.15, 0.2) is 16.6 Å². The molecule has 0 saturated heterocycles. The van der Waals surface area contributed by atoms with E-state index in [-0.39, 0.29) is 0 Å². The van der Waals surface area contributed by atoms with Gasteiger partial charge in [0.15, 0.2) is 11.5 Å². The molecule has 0 amide bonds. The van der Waals surface area contributed by atoms with E-state index >= 15 is 0 Å². The highest BCUT2D eigenvalue weighted by Crippen LogP contribution is 2.43. The smallest absolute Gasteiger partial charge is 0.175 e. The maximum absolute atomic E-state index is 9.89. The van der Waals surface area contributed by atoms with Crippen molar-refractivity contribution in [3.8, 4) is 11.5 Å². The summed E-state index contributed by atoms with van der Waals surface area (Å²) in [6, 6.07) is 3.97. The first-order valence-corrected chi connectivity index (χ1v) is 6.26. The monoisotopic (exact) mass is 284 g/mol. The lowest BCUT2D eigenvalue weighted by molar-refractivity contribution is 0.149. The van der Waals surface area contributed by atoms with Crippen LogP contribution in [0.5, 0.6) is 11.5 Å². The van der Waals surface area contributed by atoms with Crippen LogP contribution in [0.25, 0.3) is 0 Å². The standard InChI is InChI=1S/C12H13BrO3/c13-9-5-8(7-12(14)1-2-12)6-10-11(9)16-4-3-15-10/h5-6,14H,1-4,7H2. The molecule has 16 heavy (non-hydrogen) atoms. The van der Waals surface area contributed by atoms with E-state index in [9.17, 15) is 5.11 Å². The van der Waals surface area contributed by atoms with Crippen LogP contribution in [0.3, 0.4) is 0 Å². The topological polar surface area (TPSA) is 38.7 Å². The van der Waals surface area contributed by atoms with E-state index in [1.54, 1.807) is 0 Å². The molecule has 0 radical (unpaired) electrons. The maximum atomic E-state index is 9.89. The van der Waals surface area contributed by atoms with E-state index in [1.807, 2.05) is 12.1 Å². The first kappa shape index (κ1) is 10.4. The first-order chi connectivity index (χ1) is 7.66. The zero-order chi connectivity index (χ0) is 11.2. The molecule has 86 valence electrons. The summed E-state index contributed by atoms with van der Waals surface area (Å²) in [5, 5.41) is 9.89. The van der Waals surface area contributed by atoms with Gasteiger partial charge in [0, 0.05) is 6.42 Å². The molecule has 1 aromatic rings. The van der Waals surface area contributed by atoms with Gasteiger partial charge in [-0.25, -0.2) is 0 Å². The van der Waals surface area contributed by atoms with Gasteiger partial charge in [0.2, 0.25) is 0 Å². The van der Waals surface area contributed by atoms with Crippen molar-refractivity contribution in [2.75, 3.05) is 13.2 Å². The molecule has 1 aromatic carbocycles. The van der Waals surface area contributed by atoms with Crippen molar-refractivity contribution in [3.05, 3.63) is 22.2 Å². The Bertz CT molecular complexity index is 427. The summed E-state index contributed by atoms with van der Waals surface area (Å²) >= 11 is 3.47. The molecule has 4 heteroatoms. The Balaban J connectivity index is 1.92. The highest BCUT2D eigenvalue weighted by atomic mass is 79.9. The van der Waals surface area contributed by atoms with Crippen molar-refractivity contribution in [1.82, 2.24) is 0 Å². The average Bonchev–Trinajstić information content (AvgIpc) is 2.96. The highest BCUT2D eigenvalue weighted by Gasteiger charge is 2.40. The number of hydrogen-bond acceptors (Lipinski definition) is 3. The summed E-state index contributed by atoms with van der Waals surface area (Å²) < 4.78 is 12.0. The Labute approximate surface area is 102 Å². The molecule has 1 aliphatic heterocycles. The predicted octanol–water partition coefficient (Wildman–Crippen LogP) is 2.29. The number of aliphatic hydroxyl groups is 1. The third kappa shape index (κ3) is 1.92. The molecule has 0 atom stereocenters. The molecule has 0 bridgehead atoms. The Morgan fingerprint density at radius 1 is 1.25 bits per heavy atom. The van der Waals surface area contributed by atoms with Crippen LogP contribution in [0.1, 0.15) is 18.4 Å². The van der Waals surface area contributed by atoms with Crippen LogP contribution in [0, 0.1) is 0 Å². The Morgan fingerprint density at radius 3 is 2.75 bits per heavy atom. The van der Waals surface area contributed by atoms with Crippen LogP contribution in [-0.4, -0.2) is 23.9 Å². The Morgan fingerprint density at radius 2 is 2.00 bits per heavy atom. The molecular formula is C12H13BrO3. The lowest BCUT2D eigenvalue weighted by Crippen LogP contribution is -2.17. The van der Waals surface area contributed by atoms with Gasteiger partial charge in [-0.05, 0) is 46.5 Å². The molecule has 1 heterocycles. The Hall–Kier alpha value is -0.740. The van der Waals surface area contributed by atoms with Crippen LogP contribution in [0.4, 0.5) is 0 Å². The van der Waals surface area contributed by atoms with Crippen LogP contribution < -0.4 is 9.47 Å². The lowest BCUT2D eigenvalue weighted by atomic mass is 10.1. The fourth-order valence-electron chi connectivity index (χ4n) is 1.97. The van der Waals surface area contributed by atoms with E-state index in [0.29, 0.717) is 19.6 Å². The third-order valence-corrected chi connectivity index (χ3v) is 3.61. The molecule has 1 N–H and O–H groups in total. The van der Waals surface area contributed by atoms with E-state index in [0.717, 1.165) is 34.4 Å². The predicted molar refractivity (Wildman–Crippen MR) is 63.0 cm³/mol. The van der Waals surface area contributed by atoms with Gasteiger partial charge in [0.05, 0.1) is 10.1 Å². The number of benzene rings is 1. The molecule has 1 aliphatic carbocycles. The second-order valence-electron chi connectivity index (χ2n) is 4.50. The fourth-order valence-corrected chi connectivity index (χ4v) is 2.57. The van der Waals surface area contributed by atoms with Gasteiger partial charge >= 0.3 is 0 Å². The number of rotatable bonds is 2. The summed E-state index contributed by atoms with van der Waals surface area (Å²) in [6.45, 7) is 1.18. The second kappa shape index (κ2) is 3.64.